The molecule has 2 atom stereocenters. The van der Waals surface area contributed by atoms with Gasteiger partial charge in [-0.25, -0.2) is 4.39 Å². The molecule has 1 aliphatic rings. The topological polar surface area (TPSA) is 50.4 Å². The molecule has 2 rings (SSSR count). The Balaban J connectivity index is 2.13. The van der Waals surface area contributed by atoms with Crippen molar-refractivity contribution in [1.29, 1.82) is 0 Å². The fourth-order valence-electron chi connectivity index (χ4n) is 3.08. The van der Waals surface area contributed by atoms with Crippen molar-refractivity contribution in [2.75, 3.05) is 13.7 Å². The van der Waals surface area contributed by atoms with Gasteiger partial charge in [-0.05, 0) is 49.9 Å². The van der Waals surface area contributed by atoms with Crippen LogP contribution in [0.2, 0.25) is 0 Å². The molecule has 0 radical (unpaired) electrons. The SMILES string of the molecule is COc1ccc(F)cc1C(C)NC(=O)C1NCCCC1(C)C. The normalized spacial score (nSPS) is 22.0. The van der Waals surface area contributed by atoms with Crippen molar-refractivity contribution in [1.82, 2.24) is 10.6 Å². The van der Waals surface area contributed by atoms with Crippen LogP contribution in [0.15, 0.2) is 18.2 Å². The van der Waals surface area contributed by atoms with Gasteiger partial charge in [0.1, 0.15) is 11.6 Å². The van der Waals surface area contributed by atoms with Crippen LogP contribution < -0.4 is 15.4 Å². The first-order valence-corrected chi connectivity index (χ1v) is 7.72. The summed E-state index contributed by atoms with van der Waals surface area (Å²) in [5, 5.41) is 6.26. The van der Waals surface area contributed by atoms with E-state index in [-0.39, 0.29) is 29.2 Å². The van der Waals surface area contributed by atoms with E-state index in [4.69, 9.17) is 4.74 Å². The van der Waals surface area contributed by atoms with Gasteiger partial charge < -0.3 is 15.4 Å². The smallest absolute Gasteiger partial charge is 0.238 e. The molecule has 1 aromatic rings. The molecule has 1 amide bonds. The van der Waals surface area contributed by atoms with E-state index in [1.54, 1.807) is 6.07 Å². The zero-order chi connectivity index (χ0) is 16.3. The van der Waals surface area contributed by atoms with Crippen molar-refractivity contribution in [3.63, 3.8) is 0 Å². The number of ether oxygens (including phenoxy) is 1. The summed E-state index contributed by atoms with van der Waals surface area (Å²) in [6.07, 6.45) is 2.08. The molecule has 1 fully saturated rings. The van der Waals surface area contributed by atoms with Crippen LogP contribution in [0.5, 0.6) is 5.75 Å². The Labute approximate surface area is 131 Å². The second kappa shape index (κ2) is 6.65. The highest BCUT2D eigenvalue weighted by atomic mass is 19.1. The van der Waals surface area contributed by atoms with Gasteiger partial charge in [-0.1, -0.05) is 13.8 Å². The highest BCUT2D eigenvalue weighted by molar-refractivity contribution is 5.83. The number of hydrogen-bond acceptors (Lipinski definition) is 3. The predicted octanol–water partition coefficient (Wildman–Crippen LogP) is 2.79. The fraction of sp³-hybridized carbons (Fsp3) is 0.588. The summed E-state index contributed by atoms with van der Waals surface area (Å²) in [5.74, 6) is 0.182. The van der Waals surface area contributed by atoms with E-state index in [2.05, 4.69) is 24.5 Å². The minimum atomic E-state index is -0.340. The van der Waals surface area contributed by atoms with E-state index in [1.807, 2.05) is 6.92 Å². The number of carbonyl (C=O) groups is 1. The highest BCUT2D eigenvalue weighted by Crippen LogP contribution is 2.31. The van der Waals surface area contributed by atoms with Crippen LogP contribution in [-0.4, -0.2) is 25.6 Å². The first kappa shape index (κ1) is 16.7. The summed E-state index contributed by atoms with van der Waals surface area (Å²) in [6.45, 7) is 6.87. The quantitative estimate of drug-likeness (QED) is 0.899. The average Bonchev–Trinajstić information content (AvgIpc) is 2.46. The number of halogens is 1. The molecule has 1 heterocycles. The minimum absolute atomic E-state index is 0.0523. The first-order valence-electron chi connectivity index (χ1n) is 7.72. The van der Waals surface area contributed by atoms with E-state index < -0.39 is 0 Å². The second-order valence-corrected chi connectivity index (χ2v) is 6.60. The Kier molecular flexibility index (Phi) is 5.06. The highest BCUT2D eigenvalue weighted by Gasteiger charge is 2.37. The number of hydrogen-bond donors (Lipinski definition) is 2. The van der Waals surface area contributed by atoms with Crippen LogP contribution in [-0.2, 0) is 4.79 Å². The maximum atomic E-state index is 13.5. The molecule has 4 nitrogen and oxygen atoms in total. The van der Waals surface area contributed by atoms with Gasteiger partial charge >= 0.3 is 0 Å². The Morgan fingerprint density at radius 3 is 2.86 bits per heavy atom. The van der Waals surface area contributed by atoms with Crippen LogP contribution in [0.1, 0.15) is 45.2 Å². The fourth-order valence-corrected chi connectivity index (χ4v) is 3.08. The van der Waals surface area contributed by atoms with Crippen molar-refractivity contribution in [3.8, 4) is 5.75 Å². The standard InChI is InChI=1S/C17H25FN2O2/c1-11(13-10-12(18)6-7-14(13)22-4)20-16(21)15-17(2,3)8-5-9-19-15/h6-7,10-11,15,19H,5,8-9H2,1-4H3,(H,20,21). The first-order chi connectivity index (χ1) is 10.3. The van der Waals surface area contributed by atoms with Crippen molar-refractivity contribution < 1.29 is 13.9 Å². The summed E-state index contributed by atoms with van der Waals surface area (Å²) in [6, 6.07) is 3.78. The van der Waals surface area contributed by atoms with Crippen molar-refractivity contribution in [3.05, 3.63) is 29.6 Å². The van der Waals surface area contributed by atoms with Crippen molar-refractivity contribution in [2.24, 2.45) is 5.41 Å². The lowest BCUT2D eigenvalue weighted by Crippen LogP contribution is -2.55. The number of nitrogens with one attached hydrogen (secondary N) is 2. The third kappa shape index (κ3) is 3.58. The van der Waals surface area contributed by atoms with Crippen LogP contribution in [0.25, 0.3) is 0 Å². The molecule has 0 saturated carbocycles. The number of methoxy groups -OCH3 is 1. The molecule has 1 aliphatic heterocycles. The zero-order valence-corrected chi connectivity index (χ0v) is 13.7. The third-order valence-electron chi connectivity index (χ3n) is 4.41. The van der Waals surface area contributed by atoms with E-state index in [9.17, 15) is 9.18 Å². The lowest BCUT2D eigenvalue weighted by atomic mass is 9.77. The van der Waals surface area contributed by atoms with Gasteiger partial charge in [0.05, 0.1) is 19.2 Å². The monoisotopic (exact) mass is 308 g/mol. The van der Waals surface area contributed by atoms with Gasteiger partial charge in [0.2, 0.25) is 5.91 Å². The Bertz CT molecular complexity index is 545. The molecule has 1 saturated heterocycles. The lowest BCUT2D eigenvalue weighted by molar-refractivity contribution is -0.127. The molecule has 0 bridgehead atoms. The van der Waals surface area contributed by atoms with E-state index in [0.29, 0.717) is 11.3 Å². The van der Waals surface area contributed by atoms with Crippen LogP contribution in [0, 0.1) is 11.2 Å². The maximum absolute atomic E-state index is 13.5. The maximum Gasteiger partial charge on any atom is 0.238 e. The second-order valence-electron chi connectivity index (χ2n) is 6.60. The van der Waals surface area contributed by atoms with E-state index in [1.165, 1.54) is 19.2 Å². The average molecular weight is 308 g/mol. The molecule has 5 heteroatoms. The number of amides is 1. The Morgan fingerprint density at radius 1 is 1.50 bits per heavy atom. The lowest BCUT2D eigenvalue weighted by Gasteiger charge is -2.38. The third-order valence-corrected chi connectivity index (χ3v) is 4.41. The zero-order valence-electron chi connectivity index (χ0n) is 13.7. The van der Waals surface area contributed by atoms with Crippen LogP contribution in [0.3, 0.4) is 0 Å². The molecule has 1 aromatic carbocycles. The van der Waals surface area contributed by atoms with Crippen LogP contribution in [0.4, 0.5) is 4.39 Å². The van der Waals surface area contributed by atoms with Gasteiger partial charge in [-0.15, -0.1) is 0 Å². The number of piperidine rings is 1. The molecule has 0 spiro atoms. The molecule has 22 heavy (non-hydrogen) atoms. The Hall–Kier alpha value is -1.62. The summed E-state index contributed by atoms with van der Waals surface area (Å²) in [5.41, 5.74) is 0.554. The summed E-state index contributed by atoms with van der Waals surface area (Å²) in [7, 11) is 1.54. The van der Waals surface area contributed by atoms with Gasteiger partial charge in [-0.2, -0.15) is 0 Å². The van der Waals surface area contributed by atoms with Crippen molar-refractivity contribution in [2.45, 2.75) is 45.7 Å². The Morgan fingerprint density at radius 2 is 2.23 bits per heavy atom. The minimum Gasteiger partial charge on any atom is -0.496 e. The number of benzene rings is 1. The number of rotatable bonds is 4. The van der Waals surface area contributed by atoms with Crippen LogP contribution >= 0.6 is 0 Å². The molecule has 2 N–H and O–H groups in total. The van der Waals surface area contributed by atoms with E-state index in [0.717, 1.165) is 19.4 Å². The summed E-state index contributed by atoms with van der Waals surface area (Å²) < 4.78 is 18.7. The van der Waals surface area contributed by atoms with Gasteiger partial charge in [0, 0.05) is 5.56 Å². The molecular weight excluding hydrogens is 283 g/mol. The molecule has 0 aliphatic carbocycles. The summed E-state index contributed by atoms with van der Waals surface area (Å²) in [4.78, 5) is 12.6. The van der Waals surface area contributed by atoms with Gasteiger partial charge in [0.15, 0.2) is 0 Å². The predicted molar refractivity (Wildman–Crippen MR) is 84.3 cm³/mol. The summed E-state index contributed by atoms with van der Waals surface area (Å²) >= 11 is 0. The molecular formula is C17H25FN2O2. The molecule has 2 unspecified atom stereocenters. The van der Waals surface area contributed by atoms with Crippen molar-refractivity contribution >= 4 is 5.91 Å². The van der Waals surface area contributed by atoms with Gasteiger partial charge in [0.25, 0.3) is 0 Å². The number of carbonyl (C=O) groups excluding carboxylic acids is 1. The molecule has 122 valence electrons. The van der Waals surface area contributed by atoms with E-state index >= 15 is 0 Å². The molecule has 0 aromatic heterocycles. The largest absolute Gasteiger partial charge is 0.496 e. The van der Waals surface area contributed by atoms with Gasteiger partial charge in [-0.3, -0.25) is 4.79 Å².